The highest BCUT2D eigenvalue weighted by molar-refractivity contribution is 5.74. The zero-order chi connectivity index (χ0) is 16.2. The van der Waals surface area contributed by atoms with E-state index in [0.717, 1.165) is 30.2 Å². The van der Waals surface area contributed by atoms with Crippen molar-refractivity contribution in [3.05, 3.63) is 42.1 Å². The minimum atomic E-state index is -0.0945. The standard InChI is InChI=1S/C16H20N4O3/c1-12-15(18-11-23-12)10-17-16(22)20-7-5-19(6-8-20)13-3-2-4-14(21)9-13/h2-4,9,11,21H,5-8,10H2,1H3,(H,17,22). The van der Waals surface area contributed by atoms with E-state index in [9.17, 15) is 9.90 Å². The second-order valence-corrected chi connectivity index (χ2v) is 5.51. The molecule has 1 aromatic carbocycles. The number of phenols is 1. The van der Waals surface area contributed by atoms with E-state index in [0.29, 0.717) is 19.6 Å². The van der Waals surface area contributed by atoms with Gasteiger partial charge in [-0.2, -0.15) is 0 Å². The second kappa shape index (κ2) is 6.60. The van der Waals surface area contributed by atoms with E-state index >= 15 is 0 Å². The van der Waals surface area contributed by atoms with E-state index in [-0.39, 0.29) is 11.8 Å². The zero-order valence-electron chi connectivity index (χ0n) is 13.0. The maximum Gasteiger partial charge on any atom is 0.317 e. The first-order chi connectivity index (χ1) is 11.1. The van der Waals surface area contributed by atoms with Crippen molar-refractivity contribution >= 4 is 11.7 Å². The van der Waals surface area contributed by atoms with E-state index < -0.39 is 0 Å². The number of rotatable bonds is 3. The molecule has 0 spiro atoms. The van der Waals surface area contributed by atoms with Crippen LogP contribution in [0.5, 0.6) is 5.75 Å². The van der Waals surface area contributed by atoms with Crippen molar-refractivity contribution in [2.24, 2.45) is 0 Å². The first kappa shape index (κ1) is 15.2. The Labute approximate surface area is 134 Å². The van der Waals surface area contributed by atoms with E-state index in [1.54, 1.807) is 17.0 Å². The molecule has 23 heavy (non-hydrogen) atoms. The molecule has 2 N–H and O–H groups in total. The fourth-order valence-corrected chi connectivity index (χ4v) is 2.63. The number of anilines is 1. The molecule has 2 aromatic rings. The average molecular weight is 316 g/mol. The van der Waals surface area contributed by atoms with E-state index in [4.69, 9.17) is 4.42 Å². The van der Waals surface area contributed by atoms with Crippen LogP contribution in [0.25, 0.3) is 0 Å². The van der Waals surface area contributed by atoms with Crippen molar-refractivity contribution in [2.45, 2.75) is 13.5 Å². The Bertz CT molecular complexity index is 677. The maximum absolute atomic E-state index is 12.2. The zero-order valence-corrected chi connectivity index (χ0v) is 13.0. The Kier molecular flexibility index (Phi) is 4.36. The number of carbonyl (C=O) groups is 1. The summed E-state index contributed by atoms with van der Waals surface area (Å²) in [6, 6.07) is 7.08. The first-order valence-corrected chi connectivity index (χ1v) is 7.59. The molecule has 1 saturated heterocycles. The van der Waals surface area contributed by atoms with Crippen molar-refractivity contribution in [3.63, 3.8) is 0 Å². The Morgan fingerprint density at radius 1 is 1.35 bits per heavy atom. The largest absolute Gasteiger partial charge is 0.508 e. The highest BCUT2D eigenvalue weighted by Crippen LogP contribution is 2.21. The van der Waals surface area contributed by atoms with Crippen molar-refractivity contribution in [1.82, 2.24) is 15.2 Å². The Morgan fingerprint density at radius 2 is 2.13 bits per heavy atom. The van der Waals surface area contributed by atoms with Gasteiger partial charge in [-0.05, 0) is 19.1 Å². The van der Waals surface area contributed by atoms with Crippen LogP contribution in [0.4, 0.5) is 10.5 Å². The van der Waals surface area contributed by atoms with Crippen LogP contribution in [-0.2, 0) is 6.54 Å². The molecule has 2 heterocycles. The number of aromatic nitrogens is 1. The van der Waals surface area contributed by atoms with Gasteiger partial charge in [0.1, 0.15) is 17.2 Å². The number of aromatic hydroxyl groups is 1. The summed E-state index contributed by atoms with van der Waals surface area (Å²) < 4.78 is 5.11. The third-order valence-electron chi connectivity index (χ3n) is 4.01. The number of hydrogen-bond acceptors (Lipinski definition) is 5. The molecule has 1 aromatic heterocycles. The molecule has 0 saturated carbocycles. The van der Waals surface area contributed by atoms with Gasteiger partial charge in [0, 0.05) is 37.9 Å². The van der Waals surface area contributed by atoms with Crippen LogP contribution >= 0.6 is 0 Å². The Balaban J connectivity index is 1.50. The summed E-state index contributed by atoms with van der Waals surface area (Å²) in [6.45, 7) is 4.94. The topological polar surface area (TPSA) is 81.8 Å². The van der Waals surface area contributed by atoms with Gasteiger partial charge in [0.25, 0.3) is 0 Å². The van der Waals surface area contributed by atoms with Crippen LogP contribution in [0.15, 0.2) is 35.1 Å². The molecule has 3 rings (SSSR count). The van der Waals surface area contributed by atoms with Gasteiger partial charge < -0.3 is 24.6 Å². The lowest BCUT2D eigenvalue weighted by atomic mass is 10.2. The molecular formula is C16H20N4O3. The number of benzene rings is 1. The number of nitrogens with zero attached hydrogens (tertiary/aromatic N) is 3. The predicted molar refractivity (Wildman–Crippen MR) is 85.4 cm³/mol. The third kappa shape index (κ3) is 3.56. The van der Waals surface area contributed by atoms with Crippen LogP contribution in [-0.4, -0.2) is 47.2 Å². The number of amides is 2. The van der Waals surface area contributed by atoms with Gasteiger partial charge in [0.15, 0.2) is 6.39 Å². The highest BCUT2D eigenvalue weighted by atomic mass is 16.3. The van der Waals surface area contributed by atoms with E-state index in [1.165, 1.54) is 6.39 Å². The van der Waals surface area contributed by atoms with Crippen LogP contribution in [0.3, 0.4) is 0 Å². The average Bonchev–Trinajstić information content (AvgIpc) is 2.98. The molecule has 0 atom stereocenters. The predicted octanol–water partition coefficient (Wildman–Crippen LogP) is 1.72. The van der Waals surface area contributed by atoms with Crippen molar-refractivity contribution < 1.29 is 14.3 Å². The molecule has 7 nitrogen and oxygen atoms in total. The van der Waals surface area contributed by atoms with Crippen molar-refractivity contribution in [2.75, 3.05) is 31.1 Å². The number of oxazole rings is 1. The maximum atomic E-state index is 12.2. The van der Waals surface area contributed by atoms with Crippen LogP contribution in [0.2, 0.25) is 0 Å². The number of carbonyl (C=O) groups excluding carboxylic acids is 1. The summed E-state index contributed by atoms with van der Waals surface area (Å²) in [5, 5.41) is 12.4. The molecule has 0 aliphatic carbocycles. The highest BCUT2D eigenvalue weighted by Gasteiger charge is 2.21. The number of aryl methyl sites for hydroxylation is 1. The normalized spacial score (nSPS) is 14.8. The lowest BCUT2D eigenvalue weighted by molar-refractivity contribution is 0.193. The van der Waals surface area contributed by atoms with Gasteiger partial charge in [-0.15, -0.1) is 0 Å². The fourth-order valence-electron chi connectivity index (χ4n) is 2.63. The quantitative estimate of drug-likeness (QED) is 0.901. The summed E-state index contributed by atoms with van der Waals surface area (Å²) in [6.07, 6.45) is 1.38. The lowest BCUT2D eigenvalue weighted by Gasteiger charge is -2.36. The smallest absolute Gasteiger partial charge is 0.317 e. The Morgan fingerprint density at radius 3 is 2.78 bits per heavy atom. The van der Waals surface area contributed by atoms with Crippen LogP contribution < -0.4 is 10.2 Å². The van der Waals surface area contributed by atoms with E-state index in [2.05, 4.69) is 15.2 Å². The molecule has 2 amide bonds. The SMILES string of the molecule is Cc1ocnc1CNC(=O)N1CCN(c2cccc(O)c2)CC1. The van der Waals surface area contributed by atoms with Crippen LogP contribution in [0, 0.1) is 6.92 Å². The Hall–Kier alpha value is -2.70. The van der Waals surface area contributed by atoms with Gasteiger partial charge in [-0.3, -0.25) is 0 Å². The summed E-state index contributed by atoms with van der Waals surface area (Å²) in [4.78, 5) is 20.2. The van der Waals surface area contributed by atoms with Gasteiger partial charge in [-0.25, -0.2) is 9.78 Å². The van der Waals surface area contributed by atoms with Crippen molar-refractivity contribution in [1.29, 1.82) is 0 Å². The molecule has 0 unspecified atom stereocenters. The monoisotopic (exact) mass is 316 g/mol. The third-order valence-corrected chi connectivity index (χ3v) is 4.01. The number of piperazine rings is 1. The lowest BCUT2D eigenvalue weighted by Crippen LogP contribution is -2.51. The molecule has 1 fully saturated rings. The number of hydrogen-bond donors (Lipinski definition) is 2. The number of urea groups is 1. The van der Waals surface area contributed by atoms with E-state index in [1.807, 2.05) is 19.1 Å². The number of nitrogens with one attached hydrogen (secondary N) is 1. The molecule has 0 radical (unpaired) electrons. The molecule has 122 valence electrons. The molecule has 1 aliphatic rings. The molecule has 0 bridgehead atoms. The summed E-state index contributed by atoms with van der Waals surface area (Å²) >= 11 is 0. The molecular weight excluding hydrogens is 296 g/mol. The van der Waals surface area contributed by atoms with Gasteiger partial charge >= 0.3 is 6.03 Å². The summed E-state index contributed by atoms with van der Waals surface area (Å²) in [5.41, 5.74) is 1.72. The van der Waals surface area contributed by atoms with Crippen molar-refractivity contribution in [3.8, 4) is 5.75 Å². The summed E-state index contributed by atoms with van der Waals surface area (Å²) in [5.74, 6) is 0.977. The second-order valence-electron chi connectivity index (χ2n) is 5.51. The minimum absolute atomic E-state index is 0.0945. The van der Waals surface area contributed by atoms with Gasteiger partial charge in [-0.1, -0.05) is 6.07 Å². The van der Waals surface area contributed by atoms with Gasteiger partial charge in [0.05, 0.1) is 6.54 Å². The fraction of sp³-hybridized carbons (Fsp3) is 0.375. The molecule has 1 aliphatic heterocycles. The van der Waals surface area contributed by atoms with Crippen LogP contribution in [0.1, 0.15) is 11.5 Å². The number of phenolic OH excluding ortho intramolecular Hbond substituents is 1. The molecule has 7 heteroatoms. The minimum Gasteiger partial charge on any atom is -0.508 e. The van der Waals surface area contributed by atoms with Gasteiger partial charge in [0.2, 0.25) is 0 Å². The first-order valence-electron chi connectivity index (χ1n) is 7.59. The summed E-state index contributed by atoms with van der Waals surface area (Å²) in [7, 11) is 0.